The lowest BCUT2D eigenvalue weighted by molar-refractivity contribution is -0.147. The van der Waals surface area contributed by atoms with E-state index in [1.165, 1.54) is 0 Å². The summed E-state index contributed by atoms with van der Waals surface area (Å²) in [6, 6.07) is 6.48. The molecule has 3 N–H and O–H groups in total. The highest BCUT2D eigenvalue weighted by Crippen LogP contribution is 2.17. The molecule has 5 heteroatoms. The number of nitrogens with two attached hydrogens (primary N) is 1. The molecule has 0 heterocycles. The zero-order valence-corrected chi connectivity index (χ0v) is 11.5. The minimum absolute atomic E-state index is 0.230. The Morgan fingerprint density at radius 2 is 2.05 bits per heavy atom. The quantitative estimate of drug-likeness (QED) is 0.623. The number of carbonyl (C=O) groups excluding carboxylic acids is 2. The summed E-state index contributed by atoms with van der Waals surface area (Å²) < 4.78 is 4.84. The van der Waals surface area contributed by atoms with Gasteiger partial charge in [-0.15, -0.1) is 0 Å². The molecular formula is C14H20N2O3. The predicted molar refractivity (Wildman–Crippen MR) is 73.5 cm³/mol. The number of benzene rings is 1. The van der Waals surface area contributed by atoms with Crippen molar-refractivity contribution in [2.45, 2.75) is 32.7 Å². The number of carbonyl (C=O) groups is 2. The van der Waals surface area contributed by atoms with E-state index in [9.17, 15) is 9.59 Å². The van der Waals surface area contributed by atoms with Gasteiger partial charge in [0.2, 0.25) is 5.91 Å². The highest BCUT2D eigenvalue weighted by Gasteiger charge is 2.21. The molecule has 1 aromatic rings. The summed E-state index contributed by atoms with van der Waals surface area (Å²) in [5.41, 5.74) is 7.10. The van der Waals surface area contributed by atoms with Gasteiger partial charge in [0.15, 0.2) is 0 Å². The Kier molecular flexibility index (Phi) is 5.36. The molecule has 0 radical (unpaired) electrons. The van der Waals surface area contributed by atoms with Gasteiger partial charge < -0.3 is 15.8 Å². The Labute approximate surface area is 113 Å². The Morgan fingerprint density at radius 1 is 1.37 bits per heavy atom. The third-order valence-corrected chi connectivity index (χ3v) is 2.80. The van der Waals surface area contributed by atoms with Crippen molar-refractivity contribution in [1.82, 2.24) is 5.32 Å². The average Bonchev–Trinajstić information content (AvgIpc) is 2.37. The van der Waals surface area contributed by atoms with Gasteiger partial charge in [-0.05, 0) is 38.5 Å². The van der Waals surface area contributed by atoms with Gasteiger partial charge in [0.25, 0.3) is 0 Å². The Hall–Kier alpha value is -2.04. The molecule has 0 aliphatic heterocycles. The Bertz CT molecular complexity index is 460. The molecule has 0 fully saturated rings. The van der Waals surface area contributed by atoms with Gasteiger partial charge in [-0.3, -0.25) is 4.79 Å². The third-order valence-electron chi connectivity index (χ3n) is 2.80. The van der Waals surface area contributed by atoms with E-state index >= 15 is 0 Å². The Balaban J connectivity index is 2.65. The predicted octanol–water partition coefficient (Wildman–Crippen LogP) is 1.44. The van der Waals surface area contributed by atoms with Crippen LogP contribution in [0.2, 0.25) is 0 Å². The minimum Gasteiger partial charge on any atom is -0.464 e. The smallest absolute Gasteiger partial charge is 0.328 e. The van der Waals surface area contributed by atoms with Gasteiger partial charge in [-0.2, -0.15) is 0 Å². The zero-order chi connectivity index (χ0) is 14.4. The third kappa shape index (κ3) is 4.28. The fourth-order valence-corrected chi connectivity index (χ4v) is 1.64. The van der Waals surface area contributed by atoms with Crippen molar-refractivity contribution in [2.24, 2.45) is 0 Å². The molecule has 5 nitrogen and oxygen atoms in total. The number of hydrogen-bond donors (Lipinski definition) is 2. The first-order valence-corrected chi connectivity index (χ1v) is 6.28. The maximum absolute atomic E-state index is 12.0. The first-order chi connectivity index (χ1) is 8.95. The van der Waals surface area contributed by atoms with E-state index in [0.717, 1.165) is 5.56 Å². The molecule has 0 aliphatic carbocycles. The van der Waals surface area contributed by atoms with Crippen molar-refractivity contribution in [1.29, 1.82) is 0 Å². The number of amides is 1. The second kappa shape index (κ2) is 6.78. The lowest BCUT2D eigenvalue weighted by Gasteiger charge is -2.17. The van der Waals surface area contributed by atoms with Crippen molar-refractivity contribution >= 4 is 17.6 Å². The van der Waals surface area contributed by atoms with Crippen LogP contribution in [0.4, 0.5) is 5.69 Å². The molecule has 0 aromatic heterocycles. The number of nitrogens with one attached hydrogen (secondary N) is 1. The van der Waals surface area contributed by atoms with Gasteiger partial charge in [-0.1, -0.05) is 12.1 Å². The van der Waals surface area contributed by atoms with Crippen LogP contribution in [-0.2, 0) is 14.3 Å². The van der Waals surface area contributed by atoms with Crippen LogP contribution in [0.15, 0.2) is 24.3 Å². The van der Waals surface area contributed by atoms with Gasteiger partial charge in [0.05, 0.1) is 12.5 Å². The van der Waals surface area contributed by atoms with Crippen LogP contribution in [0, 0.1) is 0 Å². The summed E-state index contributed by atoms with van der Waals surface area (Å²) in [5.74, 6) is -1.04. The van der Waals surface area contributed by atoms with E-state index in [1.54, 1.807) is 39.0 Å². The molecule has 2 atom stereocenters. The molecule has 0 spiro atoms. The second-order valence-corrected chi connectivity index (χ2v) is 4.37. The lowest BCUT2D eigenvalue weighted by Crippen LogP contribution is -2.41. The first-order valence-electron chi connectivity index (χ1n) is 6.28. The first kappa shape index (κ1) is 15.0. The van der Waals surface area contributed by atoms with Crippen molar-refractivity contribution < 1.29 is 14.3 Å². The SMILES string of the molecule is CCOC(=O)C(C)NC(=O)C(C)c1cccc(N)c1. The Morgan fingerprint density at radius 3 is 2.63 bits per heavy atom. The van der Waals surface area contributed by atoms with Crippen LogP contribution >= 0.6 is 0 Å². The summed E-state index contributed by atoms with van der Waals surface area (Å²) in [5, 5.41) is 2.63. The minimum atomic E-state index is -0.657. The summed E-state index contributed by atoms with van der Waals surface area (Å²) in [6.45, 7) is 5.38. The van der Waals surface area contributed by atoms with Crippen molar-refractivity contribution in [3.8, 4) is 0 Å². The van der Waals surface area contributed by atoms with E-state index in [-0.39, 0.29) is 11.8 Å². The number of rotatable bonds is 5. The van der Waals surface area contributed by atoms with E-state index in [4.69, 9.17) is 10.5 Å². The normalized spacial score (nSPS) is 13.4. The van der Waals surface area contributed by atoms with E-state index in [0.29, 0.717) is 12.3 Å². The summed E-state index contributed by atoms with van der Waals surface area (Å²) in [6.07, 6.45) is 0. The van der Waals surface area contributed by atoms with Crippen molar-refractivity contribution in [3.05, 3.63) is 29.8 Å². The zero-order valence-electron chi connectivity index (χ0n) is 11.5. The topological polar surface area (TPSA) is 81.4 Å². The van der Waals surface area contributed by atoms with Crippen LogP contribution in [0.25, 0.3) is 0 Å². The number of esters is 1. The monoisotopic (exact) mass is 264 g/mol. The molecule has 1 amide bonds. The fraction of sp³-hybridized carbons (Fsp3) is 0.429. The number of hydrogen-bond acceptors (Lipinski definition) is 4. The van der Waals surface area contributed by atoms with Crippen LogP contribution in [0.3, 0.4) is 0 Å². The fourth-order valence-electron chi connectivity index (χ4n) is 1.64. The number of anilines is 1. The molecule has 2 unspecified atom stereocenters. The molecular weight excluding hydrogens is 244 g/mol. The molecule has 1 rings (SSSR count). The second-order valence-electron chi connectivity index (χ2n) is 4.37. The summed E-state index contributed by atoms with van der Waals surface area (Å²) in [4.78, 5) is 23.4. The molecule has 0 saturated carbocycles. The molecule has 1 aromatic carbocycles. The van der Waals surface area contributed by atoms with E-state index in [2.05, 4.69) is 5.32 Å². The molecule has 0 bridgehead atoms. The maximum atomic E-state index is 12.0. The van der Waals surface area contributed by atoms with E-state index < -0.39 is 12.0 Å². The van der Waals surface area contributed by atoms with Crippen LogP contribution in [-0.4, -0.2) is 24.5 Å². The summed E-state index contributed by atoms with van der Waals surface area (Å²) in [7, 11) is 0. The highest BCUT2D eigenvalue weighted by molar-refractivity contribution is 5.88. The van der Waals surface area contributed by atoms with Crippen LogP contribution < -0.4 is 11.1 Å². The number of nitrogen functional groups attached to an aromatic ring is 1. The van der Waals surface area contributed by atoms with Gasteiger partial charge in [0, 0.05) is 5.69 Å². The standard InChI is InChI=1S/C14H20N2O3/c1-4-19-14(18)10(3)16-13(17)9(2)11-6-5-7-12(15)8-11/h5-10H,4,15H2,1-3H3,(H,16,17). The lowest BCUT2D eigenvalue weighted by atomic mass is 9.99. The van der Waals surface area contributed by atoms with Crippen LogP contribution in [0.5, 0.6) is 0 Å². The summed E-state index contributed by atoms with van der Waals surface area (Å²) >= 11 is 0. The van der Waals surface area contributed by atoms with Crippen LogP contribution in [0.1, 0.15) is 32.3 Å². The molecule has 104 valence electrons. The van der Waals surface area contributed by atoms with Gasteiger partial charge in [-0.25, -0.2) is 4.79 Å². The van der Waals surface area contributed by atoms with Crippen molar-refractivity contribution in [2.75, 3.05) is 12.3 Å². The van der Waals surface area contributed by atoms with E-state index in [1.807, 2.05) is 6.07 Å². The highest BCUT2D eigenvalue weighted by atomic mass is 16.5. The van der Waals surface area contributed by atoms with Gasteiger partial charge >= 0.3 is 5.97 Å². The van der Waals surface area contributed by atoms with Gasteiger partial charge in [0.1, 0.15) is 6.04 Å². The van der Waals surface area contributed by atoms with Crippen molar-refractivity contribution in [3.63, 3.8) is 0 Å². The molecule has 19 heavy (non-hydrogen) atoms. The largest absolute Gasteiger partial charge is 0.464 e. The average molecular weight is 264 g/mol. The number of ether oxygens (including phenoxy) is 1. The molecule has 0 saturated heterocycles. The molecule has 0 aliphatic rings. The maximum Gasteiger partial charge on any atom is 0.328 e.